The third-order valence-electron chi connectivity index (χ3n) is 9.76. The van der Waals surface area contributed by atoms with Crippen LogP contribution >= 0.6 is 0 Å². The Balaban J connectivity index is 1.40. The summed E-state index contributed by atoms with van der Waals surface area (Å²) in [5.74, 6) is 3.13. The quantitative estimate of drug-likeness (QED) is 0.480. The van der Waals surface area contributed by atoms with Crippen LogP contribution in [0.3, 0.4) is 0 Å². The van der Waals surface area contributed by atoms with E-state index < -0.39 is 0 Å². The molecule has 30 heavy (non-hydrogen) atoms. The maximum Gasteiger partial charge on any atom is 0.157 e. The van der Waals surface area contributed by atoms with E-state index in [1.54, 1.807) is 0 Å². The number of nitrogens with one attached hydrogen (secondary N) is 1. The van der Waals surface area contributed by atoms with Crippen LogP contribution < -0.4 is 5.32 Å². The molecule has 0 amide bonds. The van der Waals surface area contributed by atoms with E-state index in [1.165, 1.54) is 57.1 Å². The molecule has 4 rings (SSSR count). The van der Waals surface area contributed by atoms with Crippen molar-refractivity contribution in [3.63, 3.8) is 0 Å². The van der Waals surface area contributed by atoms with Gasteiger partial charge in [-0.05, 0) is 61.7 Å². The monoisotopic (exact) mass is 413 g/mol. The van der Waals surface area contributed by atoms with Crippen molar-refractivity contribution in [2.24, 2.45) is 34.5 Å². The summed E-state index contributed by atoms with van der Waals surface area (Å²) < 4.78 is 0. The maximum atomic E-state index is 13.2. The number of carbonyl (C=O) groups excluding carboxylic acids is 2. The van der Waals surface area contributed by atoms with E-state index in [1.807, 2.05) is 6.08 Å². The topological polar surface area (TPSA) is 46.2 Å². The van der Waals surface area contributed by atoms with E-state index in [2.05, 4.69) is 26.1 Å². The summed E-state index contributed by atoms with van der Waals surface area (Å²) in [6, 6.07) is 0. The largest absolute Gasteiger partial charge is 0.387 e. The van der Waals surface area contributed by atoms with Crippen LogP contribution in [0, 0.1) is 34.5 Å². The Morgan fingerprint density at radius 1 is 1.03 bits per heavy atom. The summed E-state index contributed by atoms with van der Waals surface area (Å²) >= 11 is 0. The highest BCUT2D eigenvalue weighted by Gasteiger charge is 2.60. The van der Waals surface area contributed by atoms with Gasteiger partial charge in [0.25, 0.3) is 0 Å². The highest BCUT2D eigenvalue weighted by atomic mass is 16.1. The molecular weight excluding hydrogens is 370 g/mol. The third kappa shape index (κ3) is 3.79. The van der Waals surface area contributed by atoms with Gasteiger partial charge in [0.05, 0.1) is 0 Å². The van der Waals surface area contributed by atoms with Crippen LogP contribution in [0.4, 0.5) is 0 Å². The van der Waals surface area contributed by atoms with Crippen molar-refractivity contribution in [1.82, 2.24) is 5.32 Å². The molecular formula is C27H43NO2. The predicted octanol–water partition coefficient (Wildman–Crippen LogP) is 6.22. The number of rotatable bonds is 8. The van der Waals surface area contributed by atoms with Gasteiger partial charge in [-0.3, -0.25) is 9.59 Å². The first-order valence-electron chi connectivity index (χ1n) is 12.9. The first-order chi connectivity index (χ1) is 14.4. The molecule has 0 bridgehead atoms. The van der Waals surface area contributed by atoms with Crippen molar-refractivity contribution < 1.29 is 9.59 Å². The van der Waals surface area contributed by atoms with Gasteiger partial charge in [-0.25, -0.2) is 0 Å². The molecule has 0 aromatic rings. The number of Topliss-reactive ketones (excluding diaryl/α,β-unsaturated/α-hetero) is 1. The minimum Gasteiger partial charge on any atom is -0.387 e. The molecule has 0 aromatic heterocycles. The number of piperidine rings is 1. The Labute approximate surface area is 183 Å². The Morgan fingerprint density at radius 3 is 2.60 bits per heavy atom. The molecule has 1 heterocycles. The molecule has 3 fully saturated rings. The van der Waals surface area contributed by atoms with Crippen LogP contribution in [0.1, 0.15) is 104 Å². The third-order valence-corrected chi connectivity index (χ3v) is 9.76. The lowest BCUT2D eigenvalue weighted by Gasteiger charge is -2.58. The summed E-state index contributed by atoms with van der Waals surface area (Å²) in [5, 5.41) is 3.68. The van der Waals surface area contributed by atoms with Gasteiger partial charge in [0, 0.05) is 42.5 Å². The second-order valence-electron chi connectivity index (χ2n) is 11.4. The van der Waals surface area contributed by atoms with Crippen molar-refractivity contribution in [2.45, 2.75) is 104 Å². The first kappa shape index (κ1) is 22.1. The lowest BCUT2D eigenvalue weighted by Crippen LogP contribution is -2.57. The summed E-state index contributed by atoms with van der Waals surface area (Å²) in [4.78, 5) is 25.2. The molecule has 2 saturated carbocycles. The van der Waals surface area contributed by atoms with Crippen LogP contribution in [0.5, 0.6) is 0 Å². The summed E-state index contributed by atoms with van der Waals surface area (Å²) in [6.07, 6.45) is 16.7. The molecule has 0 aromatic carbocycles. The van der Waals surface area contributed by atoms with Gasteiger partial charge in [0.15, 0.2) is 5.78 Å². The molecule has 3 heteroatoms. The number of unbranched alkanes of at least 4 members (excludes halogenated alkanes) is 5. The number of allylic oxidation sites excluding steroid dienone is 2. The van der Waals surface area contributed by atoms with Gasteiger partial charge in [-0.15, -0.1) is 0 Å². The van der Waals surface area contributed by atoms with Crippen LogP contribution in [0.25, 0.3) is 0 Å². The van der Waals surface area contributed by atoms with Crippen molar-refractivity contribution >= 4 is 11.6 Å². The predicted molar refractivity (Wildman–Crippen MR) is 122 cm³/mol. The van der Waals surface area contributed by atoms with E-state index in [0.717, 1.165) is 32.2 Å². The van der Waals surface area contributed by atoms with Crippen LogP contribution in [0.2, 0.25) is 0 Å². The molecule has 3 aliphatic carbocycles. The van der Waals surface area contributed by atoms with Gasteiger partial charge in [0.2, 0.25) is 0 Å². The smallest absolute Gasteiger partial charge is 0.157 e. The fourth-order valence-electron chi connectivity index (χ4n) is 7.93. The minimum atomic E-state index is 0.138. The van der Waals surface area contributed by atoms with Crippen molar-refractivity contribution in [1.29, 1.82) is 0 Å². The average Bonchev–Trinajstić information content (AvgIpc) is 3.08. The zero-order valence-corrected chi connectivity index (χ0v) is 19.6. The van der Waals surface area contributed by atoms with Crippen LogP contribution in [0.15, 0.2) is 11.8 Å². The Bertz CT molecular complexity index is 697. The number of ketones is 2. The normalized spacial score (nSPS) is 40.1. The lowest BCUT2D eigenvalue weighted by molar-refractivity contribution is -0.130. The van der Waals surface area contributed by atoms with Crippen molar-refractivity contribution in [3.05, 3.63) is 11.8 Å². The number of hydrogen-bond donors (Lipinski definition) is 1. The molecule has 1 aliphatic heterocycles. The van der Waals surface area contributed by atoms with Crippen LogP contribution in [-0.2, 0) is 9.59 Å². The summed E-state index contributed by atoms with van der Waals surface area (Å²) in [7, 11) is 0. The molecule has 3 unspecified atom stereocenters. The molecule has 0 radical (unpaired) electrons. The number of hydrogen-bond acceptors (Lipinski definition) is 3. The number of fused-ring (bicyclic) bond motifs is 5. The van der Waals surface area contributed by atoms with E-state index in [9.17, 15) is 9.59 Å². The van der Waals surface area contributed by atoms with Crippen molar-refractivity contribution in [3.8, 4) is 0 Å². The molecule has 6 atom stereocenters. The van der Waals surface area contributed by atoms with Gasteiger partial charge >= 0.3 is 0 Å². The molecule has 4 aliphatic rings. The Morgan fingerprint density at radius 2 is 1.80 bits per heavy atom. The SMILES string of the molecule is CCCCCCCCC(=O)[C@H]1CCC2C3CNC4=CC(=O)CC[C@]4(C)C3CC[C@@]21C. The highest BCUT2D eigenvalue weighted by Crippen LogP contribution is 2.64. The fourth-order valence-corrected chi connectivity index (χ4v) is 7.93. The molecule has 0 spiro atoms. The van der Waals surface area contributed by atoms with Gasteiger partial charge in [-0.1, -0.05) is 52.9 Å². The van der Waals surface area contributed by atoms with Gasteiger partial charge < -0.3 is 5.32 Å². The van der Waals surface area contributed by atoms with Gasteiger partial charge in [0.1, 0.15) is 5.78 Å². The summed E-state index contributed by atoms with van der Waals surface area (Å²) in [6.45, 7) is 8.09. The standard InChI is InChI=1S/C27H43NO2/c1-4-5-6-7-8-9-10-24(30)23-12-11-21-20-18-28-25-17-19(29)13-15-27(25,3)22(20)14-16-26(21,23)2/h17,20-23,28H,4-16,18H2,1-3H3/t20?,21?,22?,23-,26+,27-/m1/s1. The first-order valence-corrected chi connectivity index (χ1v) is 12.9. The zero-order chi connectivity index (χ0) is 21.4. The molecule has 3 nitrogen and oxygen atoms in total. The average molecular weight is 414 g/mol. The molecule has 1 N–H and O–H groups in total. The number of carbonyl (C=O) groups is 2. The van der Waals surface area contributed by atoms with E-state index in [-0.39, 0.29) is 22.5 Å². The van der Waals surface area contributed by atoms with E-state index >= 15 is 0 Å². The van der Waals surface area contributed by atoms with Crippen LogP contribution in [-0.4, -0.2) is 18.1 Å². The second-order valence-corrected chi connectivity index (χ2v) is 11.4. The fraction of sp³-hybridized carbons (Fsp3) is 0.852. The molecule has 168 valence electrons. The minimum absolute atomic E-state index is 0.138. The molecule has 1 saturated heterocycles. The lowest BCUT2D eigenvalue weighted by atomic mass is 9.49. The second kappa shape index (κ2) is 8.79. The van der Waals surface area contributed by atoms with E-state index in [0.29, 0.717) is 30.0 Å². The van der Waals surface area contributed by atoms with Gasteiger partial charge in [-0.2, -0.15) is 0 Å². The Kier molecular flexibility index (Phi) is 6.47. The Hall–Kier alpha value is -1.12. The highest BCUT2D eigenvalue weighted by molar-refractivity contribution is 5.91. The zero-order valence-electron chi connectivity index (χ0n) is 19.6. The van der Waals surface area contributed by atoms with Crippen molar-refractivity contribution in [2.75, 3.05) is 6.54 Å². The van der Waals surface area contributed by atoms with E-state index in [4.69, 9.17) is 0 Å². The maximum absolute atomic E-state index is 13.2. The summed E-state index contributed by atoms with van der Waals surface area (Å²) in [5.41, 5.74) is 1.54.